The molecular weight excluding hydrogens is 244 g/mol. The molecule has 1 amide bonds. The predicted molar refractivity (Wildman–Crippen MR) is 73.5 cm³/mol. The summed E-state index contributed by atoms with van der Waals surface area (Å²) in [6.07, 6.45) is 3.76. The number of rotatable bonds is 6. The third kappa shape index (κ3) is 4.20. The standard InChI is InChI=1S/C14H26N2O3/c1-10-3-6-14(7-4-10,13(18)19)9-16-12(17)11(2)5-8-15/h10-11H,3-9,15H2,1-2H3,(H,16,17)(H,18,19). The third-order valence-corrected chi connectivity index (χ3v) is 4.33. The van der Waals surface area contributed by atoms with E-state index >= 15 is 0 Å². The summed E-state index contributed by atoms with van der Waals surface area (Å²) in [5.74, 6) is -0.450. The lowest BCUT2D eigenvalue weighted by atomic mass is 9.70. The van der Waals surface area contributed by atoms with Crippen molar-refractivity contribution in [2.45, 2.75) is 46.0 Å². The highest BCUT2D eigenvalue weighted by Gasteiger charge is 2.41. The maximum absolute atomic E-state index is 11.8. The smallest absolute Gasteiger partial charge is 0.311 e. The van der Waals surface area contributed by atoms with Crippen LogP contribution in [0.2, 0.25) is 0 Å². The maximum atomic E-state index is 11.8. The van der Waals surface area contributed by atoms with Gasteiger partial charge in [-0.3, -0.25) is 9.59 Å². The molecule has 4 N–H and O–H groups in total. The van der Waals surface area contributed by atoms with Gasteiger partial charge in [-0.1, -0.05) is 13.8 Å². The van der Waals surface area contributed by atoms with Gasteiger partial charge in [-0.2, -0.15) is 0 Å². The molecule has 0 radical (unpaired) electrons. The van der Waals surface area contributed by atoms with Crippen LogP contribution in [0.5, 0.6) is 0 Å². The fraction of sp³-hybridized carbons (Fsp3) is 0.857. The molecule has 0 bridgehead atoms. The monoisotopic (exact) mass is 270 g/mol. The van der Waals surface area contributed by atoms with Crippen LogP contribution in [0, 0.1) is 17.3 Å². The molecule has 5 nitrogen and oxygen atoms in total. The van der Waals surface area contributed by atoms with Gasteiger partial charge in [-0.25, -0.2) is 0 Å². The van der Waals surface area contributed by atoms with Gasteiger partial charge in [0.15, 0.2) is 0 Å². The van der Waals surface area contributed by atoms with Crippen LogP contribution in [0.15, 0.2) is 0 Å². The van der Waals surface area contributed by atoms with Crippen molar-refractivity contribution in [1.29, 1.82) is 0 Å². The van der Waals surface area contributed by atoms with Gasteiger partial charge in [0.2, 0.25) is 5.91 Å². The Morgan fingerprint density at radius 2 is 2.00 bits per heavy atom. The Morgan fingerprint density at radius 3 is 2.47 bits per heavy atom. The highest BCUT2D eigenvalue weighted by atomic mass is 16.4. The number of carbonyl (C=O) groups excluding carboxylic acids is 1. The Bertz CT molecular complexity index is 323. The largest absolute Gasteiger partial charge is 0.481 e. The molecule has 0 aromatic carbocycles. The van der Waals surface area contributed by atoms with Gasteiger partial charge in [0.05, 0.1) is 5.41 Å². The van der Waals surface area contributed by atoms with Gasteiger partial charge < -0.3 is 16.2 Å². The summed E-state index contributed by atoms with van der Waals surface area (Å²) >= 11 is 0. The zero-order valence-electron chi connectivity index (χ0n) is 11.9. The quantitative estimate of drug-likeness (QED) is 0.679. The van der Waals surface area contributed by atoms with Gasteiger partial charge in [0, 0.05) is 12.5 Å². The van der Waals surface area contributed by atoms with Crippen LogP contribution in [0.25, 0.3) is 0 Å². The van der Waals surface area contributed by atoms with Crippen molar-refractivity contribution in [3.8, 4) is 0 Å². The van der Waals surface area contributed by atoms with E-state index in [2.05, 4.69) is 12.2 Å². The lowest BCUT2D eigenvalue weighted by molar-refractivity contribution is -0.151. The zero-order valence-corrected chi connectivity index (χ0v) is 11.9. The van der Waals surface area contributed by atoms with Crippen LogP contribution in [0.3, 0.4) is 0 Å². The summed E-state index contributed by atoms with van der Waals surface area (Å²) < 4.78 is 0. The zero-order chi connectivity index (χ0) is 14.5. The van der Waals surface area contributed by atoms with E-state index in [1.807, 2.05) is 6.92 Å². The van der Waals surface area contributed by atoms with Crippen molar-refractivity contribution in [2.24, 2.45) is 23.0 Å². The van der Waals surface area contributed by atoms with Crippen LogP contribution in [0.4, 0.5) is 0 Å². The van der Waals surface area contributed by atoms with E-state index in [1.165, 1.54) is 0 Å². The highest BCUT2D eigenvalue weighted by Crippen LogP contribution is 2.38. The number of hydrogen-bond donors (Lipinski definition) is 3. The van der Waals surface area contributed by atoms with Crippen molar-refractivity contribution in [3.05, 3.63) is 0 Å². The summed E-state index contributed by atoms with van der Waals surface area (Å²) in [6, 6.07) is 0. The molecule has 0 heterocycles. The van der Waals surface area contributed by atoms with E-state index in [0.29, 0.717) is 31.7 Å². The Hall–Kier alpha value is -1.10. The molecule has 1 saturated carbocycles. The second-order valence-corrected chi connectivity index (χ2v) is 5.96. The number of nitrogens with two attached hydrogens (primary N) is 1. The first-order chi connectivity index (χ1) is 8.91. The fourth-order valence-corrected chi connectivity index (χ4v) is 2.59. The first kappa shape index (κ1) is 16.0. The molecule has 19 heavy (non-hydrogen) atoms. The second-order valence-electron chi connectivity index (χ2n) is 5.96. The summed E-state index contributed by atoms with van der Waals surface area (Å²) in [5.41, 5.74) is 4.65. The van der Waals surface area contributed by atoms with Crippen LogP contribution in [-0.2, 0) is 9.59 Å². The number of carboxylic acids is 1. The van der Waals surface area contributed by atoms with Crippen molar-refractivity contribution < 1.29 is 14.7 Å². The van der Waals surface area contributed by atoms with Crippen molar-refractivity contribution in [3.63, 3.8) is 0 Å². The molecule has 0 saturated heterocycles. The van der Waals surface area contributed by atoms with Gasteiger partial charge in [0.1, 0.15) is 0 Å². The average Bonchev–Trinajstić information content (AvgIpc) is 2.38. The number of aliphatic carboxylic acids is 1. The van der Waals surface area contributed by atoms with Crippen LogP contribution >= 0.6 is 0 Å². The fourth-order valence-electron chi connectivity index (χ4n) is 2.59. The Labute approximate surface area is 114 Å². The lowest BCUT2D eigenvalue weighted by Crippen LogP contribution is -2.46. The van der Waals surface area contributed by atoms with E-state index in [9.17, 15) is 14.7 Å². The molecular formula is C14H26N2O3. The van der Waals surface area contributed by atoms with Crippen LogP contribution in [-0.4, -0.2) is 30.1 Å². The van der Waals surface area contributed by atoms with Crippen molar-refractivity contribution >= 4 is 11.9 Å². The molecule has 1 atom stereocenters. The Balaban J connectivity index is 2.56. The minimum atomic E-state index is -0.786. The molecule has 0 aromatic rings. The molecule has 0 spiro atoms. The second kappa shape index (κ2) is 6.89. The summed E-state index contributed by atoms with van der Waals surface area (Å²) in [4.78, 5) is 23.4. The van der Waals surface area contributed by atoms with Crippen molar-refractivity contribution in [2.75, 3.05) is 13.1 Å². The molecule has 1 aliphatic carbocycles. The molecule has 5 heteroatoms. The first-order valence-electron chi connectivity index (χ1n) is 7.12. The molecule has 0 aliphatic heterocycles. The predicted octanol–water partition coefficient (Wildman–Crippen LogP) is 1.37. The third-order valence-electron chi connectivity index (χ3n) is 4.33. The molecule has 110 valence electrons. The first-order valence-corrected chi connectivity index (χ1v) is 7.12. The number of amides is 1. The molecule has 1 fully saturated rings. The maximum Gasteiger partial charge on any atom is 0.311 e. The van der Waals surface area contributed by atoms with Gasteiger partial charge in [-0.15, -0.1) is 0 Å². The van der Waals surface area contributed by atoms with E-state index in [-0.39, 0.29) is 18.4 Å². The van der Waals surface area contributed by atoms with Gasteiger partial charge >= 0.3 is 5.97 Å². The number of nitrogens with one attached hydrogen (secondary N) is 1. The van der Waals surface area contributed by atoms with Gasteiger partial charge in [-0.05, 0) is 44.6 Å². The summed E-state index contributed by atoms with van der Waals surface area (Å²) in [7, 11) is 0. The number of carbonyl (C=O) groups is 2. The Kier molecular flexibility index (Phi) is 5.79. The normalized spacial score (nSPS) is 28.7. The van der Waals surface area contributed by atoms with Gasteiger partial charge in [0.25, 0.3) is 0 Å². The van der Waals surface area contributed by atoms with E-state index in [1.54, 1.807) is 0 Å². The van der Waals surface area contributed by atoms with E-state index < -0.39 is 11.4 Å². The average molecular weight is 270 g/mol. The number of carboxylic acid groups (broad SMARTS) is 1. The SMILES string of the molecule is CC1CCC(CNC(=O)C(C)CCN)(C(=O)O)CC1. The van der Waals surface area contributed by atoms with Crippen LogP contribution < -0.4 is 11.1 Å². The van der Waals surface area contributed by atoms with Crippen LogP contribution in [0.1, 0.15) is 46.0 Å². The summed E-state index contributed by atoms with van der Waals surface area (Å²) in [5, 5.41) is 12.3. The molecule has 0 aromatic heterocycles. The number of hydrogen-bond acceptors (Lipinski definition) is 3. The topological polar surface area (TPSA) is 92.4 Å². The van der Waals surface area contributed by atoms with Crippen molar-refractivity contribution in [1.82, 2.24) is 5.32 Å². The minimum Gasteiger partial charge on any atom is -0.481 e. The van der Waals surface area contributed by atoms with E-state index in [4.69, 9.17) is 5.73 Å². The molecule has 1 rings (SSSR count). The Morgan fingerprint density at radius 1 is 1.42 bits per heavy atom. The molecule has 1 unspecified atom stereocenters. The minimum absolute atomic E-state index is 0.0929. The lowest BCUT2D eigenvalue weighted by Gasteiger charge is -2.36. The molecule has 1 aliphatic rings. The highest BCUT2D eigenvalue weighted by molar-refractivity contribution is 5.80. The summed E-state index contributed by atoms with van der Waals surface area (Å²) in [6.45, 7) is 4.67. The van der Waals surface area contributed by atoms with E-state index in [0.717, 1.165) is 12.8 Å².